The van der Waals surface area contributed by atoms with Crippen molar-refractivity contribution in [1.82, 2.24) is 0 Å². The van der Waals surface area contributed by atoms with Crippen molar-refractivity contribution >= 4 is 23.1 Å². The molecular formula is C7H3F3O3S. The van der Waals surface area contributed by atoms with Crippen LogP contribution in [0, 0.1) is 0 Å². The third kappa shape index (κ3) is 2.11. The SMILES string of the molecule is O=C(O)c1ccc(C(=O)C(F)(F)F)s1. The number of aromatic carboxylic acids is 1. The predicted octanol–water partition coefficient (Wildman–Crippen LogP) is 2.19. The minimum Gasteiger partial charge on any atom is -0.477 e. The van der Waals surface area contributed by atoms with E-state index in [-0.39, 0.29) is 4.88 Å². The van der Waals surface area contributed by atoms with Gasteiger partial charge in [-0.2, -0.15) is 13.2 Å². The van der Waals surface area contributed by atoms with Crippen LogP contribution < -0.4 is 0 Å². The zero-order chi connectivity index (χ0) is 10.9. The van der Waals surface area contributed by atoms with Gasteiger partial charge in [0, 0.05) is 0 Å². The van der Waals surface area contributed by atoms with E-state index in [9.17, 15) is 22.8 Å². The molecule has 3 nitrogen and oxygen atoms in total. The number of carboxylic acid groups (broad SMARTS) is 1. The van der Waals surface area contributed by atoms with Gasteiger partial charge in [-0.1, -0.05) is 0 Å². The summed E-state index contributed by atoms with van der Waals surface area (Å²) < 4.78 is 35.6. The Labute approximate surface area is 79.8 Å². The van der Waals surface area contributed by atoms with E-state index in [2.05, 4.69) is 0 Å². The first kappa shape index (κ1) is 10.7. The van der Waals surface area contributed by atoms with Crippen molar-refractivity contribution in [3.8, 4) is 0 Å². The summed E-state index contributed by atoms with van der Waals surface area (Å²) in [5.41, 5.74) is 0. The molecule has 0 bridgehead atoms. The number of rotatable bonds is 2. The van der Waals surface area contributed by atoms with Crippen LogP contribution in [0.25, 0.3) is 0 Å². The van der Waals surface area contributed by atoms with Crippen LogP contribution in [0.4, 0.5) is 13.2 Å². The molecule has 76 valence electrons. The molecule has 0 aliphatic rings. The van der Waals surface area contributed by atoms with Gasteiger partial charge in [-0.25, -0.2) is 4.79 Å². The zero-order valence-corrected chi connectivity index (χ0v) is 7.28. The molecule has 1 rings (SSSR count). The van der Waals surface area contributed by atoms with Gasteiger partial charge in [-0.15, -0.1) is 11.3 Å². The third-order valence-electron chi connectivity index (χ3n) is 1.30. The minimum absolute atomic E-state index is 0.294. The van der Waals surface area contributed by atoms with Crippen LogP contribution in [0.3, 0.4) is 0 Å². The van der Waals surface area contributed by atoms with Gasteiger partial charge >= 0.3 is 12.1 Å². The van der Waals surface area contributed by atoms with Crippen LogP contribution in [0.1, 0.15) is 19.3 Å². The maximum atomic E-state index is 11.9. The summed E-state index contributed by atoms with van der Waals surface area (Å²) in [5, 5.41) is 8.40. The number of Topliss-reactive ketones (excluding diaryl/α,β-unsaturated/α-hetero) is 1. The van der Waals surface area contributed by atoms with Crippen molar-refractivity contribution in [3.05, 3.63) is 21.9 Å². The van der Waals surface area contributed by atoms with Crippen LogP contribution >= 0.6 is 11.3 Å². The lowest BCUT2D eigenvalue weighted by molar-refractivity contribution is -0.0882. The largest absolute Gasteiger partial charge is 0.477 e. The van der Waals surface area contributed by atoms with Crippen LogP contribution in [0.15, 0.2) is 12.1 Å². The number of hydrogen-bond donors (Lipinski definition) is 1. The fourth-order valence-electron chi connectivity index (χ4n) is 0.715. The number of carbonyl (C=O) groups is 2. The number of ketones is 1. The highest BCUT2D eigenvalue weighted by molar-refractivity contribution is 7.15. The van der Waals surface area contributed by atoms with Crippen molar-refractivity contribution in [2.75, 3.05) is 0 Å². The lowest BCUT2D eigenvalue weighted by Gasteiger charge is -2.00. The molecule has 1 heterocycles. The molecule has 0 amide bonds. The third-order valence-corrected chi connectivity index (χ3v) is 2.37. The number of alkyl halides is 3. The Bertz CT molecular complexity index is 380. The Hall–Kier alpha value is -1.37. The van der Waals surface area contributed by atoms with E-state index in [4.69, 9.17) is 5.11 Å². The van der Waals surface area contributed by atoms with Crippen molar-refractivity contribution in [2.45, 2.75) is 6.18 Å². The molecular weight excluding hydrogens is 221 g/mol. The average Bonchev–Trinajstić information content (AvgIpc) is 2.48. The lowest BCUT2D eigenvalue weighted by atomic mass is 10.3. The first-order valence-electron chi connectivity index (χ1n) is 3.27. The molecule has 0 fully saturated rings. The number of thiophene rings is 1. The van der Waals surface area contributed by atoms with Crippen molar-refractivity contribution in [3.63, 3.8) is 0 Å². The van der Waals surface area contributed by atoms with Gasteiger partial charge < -0.3 is 5.11 Å². The Morgan fingerprint density at radius 1 is 1.21 bits per heavy atom. The van der Waals surface area contributed by atoms with Crippen LogP contribution in [0.5, 0.6) is 0 Å². The summed E-state index contributed by atoms with van der Waals surface area (Å²) in [5.74, 6) is -3.37. The topological polar surface area (TPSA) is 54.4 Å². The molecule has 0 aromatic carbocycles. The molecule has 1 N–H and O–H groups in total. The van der Waals surface area contributed by atoms with Crippen molar-refractivity contribution in [2.24, 2.45) is 0 Å². The summed E-state index contributed by atoms with van der Waals surface area (Å²) in [7, 11) is 0. The van der Waals surface area contributed by atoms with Gasteiger partial charge in [0.15, 0.2) is 0 Å². The minimum atomic E-state index is -4.96. The Kier molecular flexibility index (Phi) is 2.61. The Morgan fingerprint density at radius 2 is 1.71 bits per heavy atom. The molecule has 14 heavy (non-hydrogen) atoms. The zero-order valence-electron chi connectivity index (χ0n) is 6.46. The van der Waals surface area contributed by atoms with Gasteiger partial charge in [0.2, 0.25) is 0 Å². The second-order valence-corrected chi connectivity index (χ2v) is 3.38. The monoisotopic (exact) mass is 224 g/mol. The van der Waals surface area contributed by atoms with Gasteiger partial charge in [-0.05, 0) is 12.1 Å². The molecule has 0 spiro atoms. The standard InChI is InChI=1S/C7H3F3O3S/c8-7(9,10)5(11)3-1-2-4(14-3)6(12)13/h1-2H,(H,12,13). The van der Waals surface area contributed by atoms with E-state index in [0.717, 1.165) is 12.1 Å². The summed E-state index contributed by atoms with van der Waals surface area (Å²) in [4.78, 5) is 20.0. The van der Waals surface area contributed by atoms with E-state index < -0.39 is 22.8 Å². The summed E-state index contributed by atoms with van der Waals surface area (Å²) in [6.07, 6.45) is -4.96. The first-order chi connectivity index (χ1) is 6.32. The number of halogens is 3. The maximum Gasteiger partial charge on any atom is 0.455 e. The maximum absolute atomic E-state index is 11.9. The normalized spacial score (nSPS) is 11.4. The lowest BCUT2D eigenvalue weighted by Crippen LogP contribution is -2.21. The predicted molar refractivity (Wildman–Crippen MR) is 41.7 cm³/mol. The van der Waals surface area contributed by atoms with Crippen LogP contribution in [-0.2, 0) is 0 Å². The fraction of sp³-hybridized carbons (Fsp3) is 0.143. The molecule has 7 heteroatoms. The molecule has 1 aromatic rings. The smallest absolute Gasteiger partial charge is 0.455 e. The molecule has 0 radical (unpaired) electrons. The fourth-order valence-corrected chi connectivity index (χ4v) is 1.52. The van der Waals surface area contributed by atoms with Crippen LogP contribution in [-0.4, -0.2) is 23.0 Å². The van der Waals surface area contributed by atoms with E-state index in [0.29, 0.717) is 11.3 Å². The highest BCUT2D eigenvalue weighted by Gasteiger charge is 2.40. The molecule has 0 aliphatic carbocycles. The van der Waals surface area contributed by atoms with E-state index in [1.807, 2.05) is 0 Å². The van der Waals surface area contributed by atoms with Gasteiger partial charge in [-0.3, -0.25) is 4.79 Å². The molecule has 0 unspecified atom stereocenters. The average molecular weight is 224 g/mol. The van der Waals surface area contributed by atoms with Gasteiger partial charge in [0.1, 0.15) is 4.88 Å². The number of carboxylic acids is 1. The first-order valence-corrected chi connectivity index (χ1v) is 4.08. The quantitative estimate of drug-likeness (QED) is 0.783. The summed E-state index contributed by atoms with van der Waals surface area (Å²) in [6.45, 7) is 0. The molecule has 0 saturated carbocycles. The molecule has 0 aliphatic heterocycles. The van der Waals surface area contributed by atoms with E-state index >= 15 is 0 Å². The summed E-state index contributed by atoms with van der Waals surface area (Å²) in [6, 6.07) is 1.82. The van der Waals surface area contributed by atoms with Gasteiger partial charge in [0.25, 0.3) is 5.78 Å². The van der Waals surface area contributed by atoms with Crippen molar-refractivity contribution in [1.29, 1.82) is 0 Å². The highest BCUT2D eigenvalue weighted by atomic mass is 32.1. The number of hydrogen-bond acceptors (Lipinski definition) is 3. The highest BCUT2D eigenvalue weighted by Crippen LogP contribution is 2.26. The Morgan fingerprint density at radius 3 is 2.07 bits per heavy atom. The molecule has 0 saturated heterocycles. The van der Waals surface area contributed by atoms with E-state index in [1.165, 1.54) is 0 Å². The second kappa shape index (κ2) is 3.41. The van der Waals surface area contributed by atoms with Gasteiger partial charge in [0.05, 0.1) is 4.88 Å². The molecule has 0 atom stereocenters. The van der Waals surface area contributed by atoms with E-state index in [1.54, 1.807) is 0 Å². The summed E-state index contributed by atoms with van der Waals surface area (Å²) >= 11 is 0.307. The van der Waals surface area contributed by atoms with Crippen LogP contribution in [0.2, 0.25) is 0 Å². The number of carbonyl (C=O) groups excluding carboxylic acids is 1. The molecule has 1 aromatic heterocycles. The Balaban J connectivity index is 2.99. The second-order valence-electron chi connectivity index (χ2n) is 2.30. The van der Waals surface area contributed by atoms with Crippen molar-refractivity contribution < 1.29 is 27.9 Å².